The summed E-state index contributed by atoms with van der Waals surface area (Å²) in [6.07, 6.45) is 1.90. The largest absolute Gasteiger partial charge is 0.478 e. The Labute approximate surface area is 109 Å². The molecular formula is C12H13ClN2O3. The fraction of sp³-hybridized carbons (Fsp3) is 0.333. The highest BCUT2D eigenvalue weighted by Gasteiger charge is 2.38. The van der Waals surface area contributed by atoms with Gasteiger partial charge in [0, 0.05) is 5.54 Å². The van der Waals surface area contributed by atoms with Crippen LogP contribution in [0.2, 0.25) is 5.02 Å². The SMILES string of the molecule is CC1(NC(=O)Nc2cc(C(=O)O)ccc2Cl)CC1. The van der Waals surface area contributed by atoms with Gasteiger partial charge in [-0.15, -0.1) is 0 Å². The Hall–Kier alpha value is -1.75. The van der Waals surface area contributed by atoms with Crippen LogP contribution in [0, 0.1) is 0 Å². The number of carbonyl (C=O) groups is 2. The number of carboxylic acids is 1. The lowest BCUT2D eigenvalue weighted by molar-refractivity contribution is 0.0697. The standard InChI is InChI=1S/C12H13ClN2O3/c1-12(4-5-12)15-11(18)14-9-6-7(10(16)17)2-3-8(9)13/h2-3,6H,4-5H2,1H3,(H,16,17)(H2,14,15,18). The number of rotatable bonds is 3. The Kier molecular flexibility index (Phi) is 3.17. The summed E-state index contributed by atoms with van der Waals surface area (Å²) in [5, 5.41) is 14.5. The van der Waals surface area contributed by atoms with Crippen molar-refractivity contribution in [1.82, 2.24) is 5.32 Å². The van der Waals surface area contributed by atoms with E-state index in [2.05, 4.69) is 10.6 Å². The van der Waals surface area contributed by atoms with Gasteiger partial charge < -0.3 is 15.7 Å². The van der Waals surface area contributed by atoms with E-state index in [0.29, 0.717) is 10.7 Å². The second-order valence-corrected chi connectivity index (χ2v) is 5.05. The van der Waals surface area contributed by atoms with Crippen molar-refractivity contribution in [2.24, 2.45) is 0 Å². The smallest absolute Gasteiger partial charge is 0.335 e. The van der Waals surface area contributed by atoms with E-state index in [4.69, 9.17) is 16.7 Å². The first-order chi connectivity index (χ1) is 8.39. The number of benzene rings is 1. The lowest BCUT2D eigenvalue weighted by Gasteiger charge is -2.13. The fourth-order valence-electron chi connectivity index (χ4n) is 1.49. The number of hydrogen-bond donors (Lipinski definition) is 3. The van der Waals surface area contributed by atoms with E-state index in [-0.39, 0.29) is 17.1 Å². The van der Waals surface area contributed by atoms with E-state index in [9.17, 15) is 9.59 Å². The lowest BCUT2D eigenvalue weighted by atomic mass is 10.2. The molecule has 0 bridgehead atoms. The summed E-state index contributed by atoms with van der Waals surface area (Å²) in [5.74, 6) is -1.07. The number of carboxylic acid groups (broad SMARTS) is 1. The summed E-state index contributed by atoms with van der Waals surface area (Å²) < 4.78 is 0. The molecule has 0 spiro atoms. The molecule has 3 N–H and O–H groups in total. The minimum absolute atomic E-state index is 0.0762. The summed E-state index contributed by atoms with van der Waals surface area (Å²) in [4.78, 5) is 22.5. The van der Waals surface area contributed by atoms with Crippen molar-refractivity contribution in [3.05, 3.63) is 28.8 Å². The average Bonchev–Trinajstić information content (AvgIpc) is 2.98. The van der Waals surface area contributed by atoms with Crippen molar-refractivity contribution < 1.29 is 14.7 Å². The molecule has 18 heavy (non-hydrogen) atoms. The first-order valence-corrected chi connectivity index (χ1v) is 5.89. The van der Waals surface area contributed by atoms with Gasteiger partial charge in [0.1, 0.15) is 0 Å². The molecule has 96 valence electrons. The predicted octanol–water partition coefficient (Wildman–Crippen LogP) is 2.71. The van der Waals surface area contributed by atoms with Gasteiger partial charge in [0.15, 0.2) is 0 Å². The van der Waals surface area contributed by atoms with Crippen LogP contribution in [0.25, 0.3) is 0 Å². The van der Waals surface area contributed by atoms with Crippen molar-refractivity contribution >= 4 is 29.3 Å². The molecule has 0 radical (unpaired) electrons. The van der Waals surface area contributed by atoms with Crippen LogP contribution in [-0.2, 0) is 0 Å². The van der Waals surface area contributed by atoms with Gasteiger partial charge in [-0.3, -0.25) is 0 Å². The Morgan fingerprint density at radius 2 is 2.06 bits per heavy atom. The molecule has 1 aromatic carbocycles. The zero-order valence-electron chi connectivity index (χ0n) is 9.79. The van der Waals surface area contributed by atoms with Crippen LogP contribution in [0.4, 0.5) is 10.5 Å². The number of nitrogens with one attached hydrogen (secondary N) is 2. The lowest BCUT2D eigenvalue weighted by Crippen LogP contribution is -2.37. The van der Waals surface area contributed by atoms with Crippen molar-refractivity contribution in [1.29, 1.82) is 0 Å². The minimum Gasteiger partial charge on any atom is -0.478 e. The molecule has 1 saturated carbocycles. The number of aromatic carboxylic acids is 1. The molecule has 1 fully saturated rings. The Bertz CT molecular complexity index is 512. The summed E-state index contributed by atoms with van der Waals surface area (Å²) >= 11 is 5.90. The van der Waals surface area contributed by atoms with Crippen molar-refractivity contribution in [2.45, 2.75) is 25.3 Å². The molecule has 0 aromatic heterocycles. The first-order valence-electron chi connectivity index (χ1n) is 5.52. The maximum atomic E-state index is 11.7. The van der Waals surface area contributed by atoms with Crippen LogP contribution in [0.1, 0.15) is 30.1 Å². The molecule has 2 amide bonds. The molecule has 0 atom stereocenters. The predicted molar refractivity (Wildman–Crippen MR) is 68.2 cm³/mol. The zero-order chi connectivity index (χ0) is 13.3. The molecule has 1 aliphatic rings. The van der Waals surface area contributed by atoms with Crippen LogP contribution in [0.5, 0.6) is 0 Å². The topological polar surface area (TPSA) is 78.4 Å². The molecule has 1 aliphatic carbocycles. The Balaban J connectivity index is 2.10. The zero-order valence-corrected chi connectivity index (χ0v) is 10.5. The van der Waals surface area contributed by atoms with E-state index < -0.39 is 5.97 Å². The number of urea groups is 1. The van der Waals surface area contributed by atoms with Crippen molar-refractivity contribution in [2.75, 3.05) is 5.32 Å². The highest BCUT2D eigenvalue weighted by Crippen LogP contribution is 2.34. The van der Waals surface area contributed by atoms with Gasteiger partial charge in [0.25, 0.3) is 0 Å². The molecule has 0 aliphatic heterocycles. The normalized spacial score (nSPS) is 15.9. The highest BCUT2D eigenvalue weighted by atomic mass is 35.5. The van der Waals surface area contributed by atoms with Crippen LogP contribution < -0.4 is 10.6 Å². The van der Waals surface area contributed by atoms with Crippen LogP contribution >= 0.6 is 11.6 Å². The molecule has 2 rings (SSSR count). The van der Waals surface area contributed by atoms with Gasteiger partial charge >= 0.3 is 12.0 Å². The molecule has 0 saturated heterocycles. The number of amides is 2. The number of anilines is 1. The van der Waals surface area contributed by atoms with Gasteiger partial charge in [-0.25, -0.2) is 9.59 Å². The first kappa shape index (κ1) is 12.7. The van der Waals surface area contributed by atoms with Crippen LogP contribution in [0.15, 0.2) is 18.2 Å². The highest BCUT2D eigenvalue weighted by molar-refractivity contribution is 6.33. The van der Waals surface area contributed by atoms with E-state index in [1.807, 2.05) is 6.92 Å². The van der Waals surface area contributed by atoms with E-state index >= 15 is 0 Å². The summed E-state index contributed by atoms with van der Waals surface area (Å²) in [6, 6.07) is 3.79. The van der Waals surface area contributed by atoms with Gasteiger partial charge in [-0.05, 0) is 38.0 Å². The third-order valence-electron chi connectivity index (χ3n) is 2.88. The van der Waals surface area contributed by atoms with Gasteiger partial charge in [0.2, 0.25) is 0 Å². The maximum Gasteiger partial charge on any atom is 0.335 e. The van der Waals surface area contributed by atoms with Crippen molar-refractivity contribution in [3.63, 3.8) is 0 Å². The summed E-state index contributed by atoms with van der Waals surface area (Å²) in [6.45, 7) is 1.95. The second-order valence-electron chi connectivity index (χ2n) is 4.64. The number of halogens is 1. The van der Waals surface area contributed by atoms with Crippen molar-refractivity contribution in [3.8, 4) is 0 Å². The maximum absolute atomic E-state index is 11.7. The van der Waals surface area contributed by atoms with Gasteiger partial charge in [0.05, 0.1) is 16.3 Å². The molecule has 0 unspecified atom stereocenters. The molecular weight excluding hydrogens is 256 g/mol. The van der Waals surface area contributed by atoms with E-state index in [1.165, 1.54) is 18.2 Å². The molecule has 1 aromatic rings. The van der Waals surface area contributed by atoms with Crippen LogP contribution in [-0.4, -0.2) is 22.6 Å². The second kappa shape index (κ2) is 4.49. The minimum atomic E-state index is -1.07. The summed E-state index contributed by atoms with van der Waals surface area (Å²) in [7, 11) is 0. The third kappa shape index (κ3) is 2.92. The number of carbonyl (C=O) groups excluding carboxylic acids is 1. The summed E-state index contributed by atoms with van der Waals surface area (Å²) in [5.41, 5.74) is 0.228. The van der Waals surface area contributed by atoms with Crippen LogP contribution in [0.3, 0.4) is 0 Å². The third-order valence-corrected chi connectivity index (χ3v) is 3.21. The Morgan fingerprint density at radius 1 is 1.39 bits per heavy atom. The van der Waals surface area contributed by atoms with Gasteiger partial charge in [-0.2, -0.15) is 0 Å². The van der Waals surface area contributed by atoms with E-state index in [1.54, 1.807) is 0 Å². The average molecular weight is 269 g/mol. The van der Waals surface area contributed by atoms with E-state index in [0.717, 1.165) is 12.8 Å². The molecule has 0 heterocycles. The van der Waals surface area contributed by atoms with Gasteiger partial charge in [-0.1, -0.05) is 11.6 Å². The fourth-order valence-corrected chi connectivity index (χ4v) is 1.66. The Morgan fingerprint density at radius 3 is 2.61 bits per heavy atom. The number of hydrogen-bond acceptors (Lipinski definition) is 2. The quantitative estimate of drug-likeness (QED) is 0.789. The monoisotopic (exact) mass is 268 g/mol. The molecule has 6 heteroatoms. The molecule has 5 nitrogen and oxygen atoms in total.